The molecule has 4 unspecified atom stereocenters. The van der Waals surface area contributed by atoms with Gasteiger partial charge in [0.1, 0.15) is 17.8 Å². The number of para-hydroxylation sites is 1. The lowest BCUT2D eigenvalue weighted by Crippen LogP contribution is -2.35. The van der Waals surface area contributed by atoms with Crippen LogP contribution in [0.3, 0.4) is 0 Å². The minimum Gasteiger partial charge on any atom is -0.485 e. The number of ether oxygens (including phenoxy) is 3. The molecule has 0 saturated heterocycles. The molecule has 1 fully saturated rings. The lowest BCUT2D eigenvalue weighted by Gasteiger charge is -2.33. The molecule has 1 N–H and O–H groups in total. The predicted octanol–water partition coefficient (Wildman–Crippen LogP) is 5.80. The summed E-state index contributed by atoms with van der Waals surface area (Å²) in [6.07, 6.45) is 0.0685. The van der Waals surface area contributed by atoms with E-state index in [2.05, 4.69) is 5.32 Å². The Morgan fingerprint density at radius 2 is 1.68 bits per heavy atom. The number of carbonyl (C=O) groups is 1. The predicted molar refractivity (Wildman–Crippen MR) is 121 cm³/mol. The molecule has 0 bridgehead atoms. The molecule has 2 heterocycles. The van der Waals surface area contributed by atoms with Crippen LogP contribution in [0, 0.1) is 5.92 Å². The zero-order valence-electron chi connectivity index (χ0n) is 17.8. The molecule has 0 spiro atoms. The molecule has 5 nitrogen and oxygen atoms in total. The average molecular weight is 484 g/mol. The zero-order chi connectivity index (χ0) is 23.4. The highest BCUT2D eigenvalue weighted by atomic mass is 35.5. The van der Waals surface area contributed by atoms with E-state index in [0.29, 0.717) is 34.3 Å². The number of hydrogen-bond acceptors (Lipinski definition) is 4. The number of amides is 1. The third-order valence-electron chi connectivity index (χ3n) is 6.66. The van der Waals surface area contributed by atoms with Gasteiger partial charge in [-0.25, -0.2) is 8.78 Å². The summed E-state index contributed by atoms with van der Waals surface area (Å²) in [5, 5.41) is 3.48. The molecule has 4 atom stereocenters. The Morgan fingerprint density at radius 1 is 0.941 bits per heavy atom. The van der Waals surface area contributed by atoms with Crippen molar-refractivity contribution in [2.75, 3.05) is 6.79 Å². The van der Waals surface area contributed by atoms with Gasteiger partial charge in [0.2, 0.25) is 12.7 Å². The summed E-state index contributed by atoms with van der Waals surface area (Å²) < 4.78 is 46.3. The SMILES string of the molecule is O=C(NC1CC(c2ccc(Cl)cc2)Oc2ccccc21)C1C(c2ccc3c(c2)OCO3)C1(F)F. The molecule has 0 aromatic heterocycles. The number of carbonyl (C=O) groups excluding carboxylic acids is 1. The van der Waals surface area contributed by atoms with E-state index in [9.17, 15) is 13.6 Å². The second-order valence-corrected chi connectivity index (χ2v) is 9.17. The fourth-order valence-electron chi connectivity index (χ4n) is 4.87. The van der Waals surface area contributed by atoms with Crippen molar-refractivity contribution in [1.82, 2.24) is 5.32 Å². The van der Waals surface area contributed by atoms with Crippen molar-refractivity contribution in [3.8, 4) is 17.2 Å². The number of alkyl halides is 2. The molecular formula is C26H20ClF2NO4. The first-order chi connectivity index (χ1) is 16.4. The second kappa shape index (κ2) is 7.87. The van der Waals surface area contributed by atoms with E-state index in [-0.39, 0.29) is 12.9 Å². The van der Waals surface area contributed by atoms with Crippen molar-refractivity contribution < 1.29 is 27.8 Å². The monoisotopic (exact) mass is 483 g/mol. The van der Waals surface area contributed by atoms with E-state index in [4.69, 9.17) is 25.8 Å². The smallest absolute Gasteiger partial charge is 0.268 e. The van der Waals surface area contributed by atoms with Gasteiger partial charge in [0, 0.05) is 17.0 Å². The van der Waals surface area contributed by atoms with Crippen LogP contribution in [-0.2, 0) is 4.79 Å². The van der Waals surface area contributed by atoms with Crippen molar-refractivity contribution >= 4 is 17.5 Å². The largest absolute Gasteiger partial charge is 0.485 e. The molecule has 1 aliphatic carbocycles. The summed E-state index contributed by atoms with van der Waals surface area (Å²) in [6.45, 7) is 0.0572. The molecule has 34 heavy (non-hydrogen) atoms. The fourth-order valence-corrected chi connectivity index (χ4v) is 5.00. The number of hydrogen-bond donors (Lipinski definition) is 1. The van der Waals surface area contributed by atoms with Crippen LogP contribution in [0.25, 0.3) is 0 Å². The van der Waals surface area contributed by atoms with Crippen LogP contribution in [0.1, 0.15) is 41.2 Å². The molecule has 1 saturated carbocycles. The molecule has 2 aliphatic heterocycles. The number of nitrogens with one attached hydrogen (secondary N) is 1. The summed E-state index contributed by atoms with van der Waals surface area (Å²) in [5.41, 5.74) is 2.03. The Balaban J connectivity index is 1.24. The maximum Gasteiger partial charge on any atom is 0.268 e. The summed E-state index contributed by atoms with van der Waals surface area (Å²) in [5.74, 6) is -4.92. The van der Waals surface area contributed by atoms with Crippen molar-refractivity contribution in [1.29, 1.82) is 0 Å². The van der Waals surface area contributed by atoms with Gasteiger partial charge in [0.25, 0.3) is 5.92 Å². The number of fused-ring (bicyclic) bond motifs is 2. The van der Waals surface area contributed by atoms with Crippen LogP contribution in [0.4, 0.5) is 8.78 Å². The molecule has 0 radical (unpaired) electrons. The number of halogens is 3. The number of benzene rings is 3. The van der Waals surface area contributed by atoms with Crippen LogP contribution in [0.2, 0.25) is 5.02 Å². The van der Waals surface area contributed by atoms with Gasteiger partial charge in [-0.05, 0) is 41.5 Å². The highest BCUT2D eigenvalue weighted by Crippen LogP contribution is 2.62. The number of rotatable bonds is 4. The van der Waals surface area contributed by atoms with Gasteiger partial charge in [-0.15, -0.1) is 0 Å². The van der Waals surface area contributed by atoms with Crippen molar-refractivity contribution in [3.63, 3.8) is 0 Å². The van der Waals surface area contributed by atoms with Crippen LogP contribution in [-0.4, -0.2) is 18.6 Å². The molecule has 1 amide bonds. The molecular weight excluding hydrogens is 464 g/mol. The Labute approximate surface area is 199 Å². The summed E-state index contributed by atoms with van der Waals surface area (Å²) in [7, 11) is 0. The first kappa shape index (κ1) is 21.2. The highest BCUT2D eigenvalue weighted by Gasteiger charge is 2.72. The van der Waals surface area contributed by atoms with Crippen molar-refractivity contribution in [2.24, 2.45) is 5.92 Å². The first-order valence-electron chi connectivity index (χ1n) is 11.0. The Morgan fingerprint density at radius 3 is 2.50 bits per heavy atom. The van der Waals surface area contributed by atoms with Crippen LogP contribution in [0.5, 0.6) is 17.2 Å². The maximum atomic E-state index is 14.8. The third kappa shape index (κ3) is 3.55. The summed E-state index contributed by atoms with van der Waals surface area (Å²) in [4.78, 5) is 13.1. The minimum absolute atomic E-state index is 0.0572. The topological polar surface area (TPSA) is 56.8 Å². The van der Waals surface area contributed by atoms with Gasteiger partial charge < -0.3 is 19.5 Å². The first-order valence-corrected chi connectivity index (χ1v) is 11.4. The minimum atomic E-state index is -3.14. The van der Waals surface area contributed by atoms with Crippen LogP contribution >= 0.6 is 11.6 Å². The van der Waals surface area contributed by atoms with Gasteiger partial charge in [0.15, 0.2) is 11.5 Å². The third-order valence-corrected chi connectivity index (χ3v) is 6.92. The Bertz CT molecular complexity index is 1270. The van der Waals surface area contributed by atoms with Gasteiger partial charge >= 0.3 is 0 Å². The molecule has 8 heteroatoms. The molecule has 3 aromatic carbocycles. The lowest BCUT2D eigenvalue weighted by molar-refractivity contribution is -0.125. The fraction of sp³-hybridized carbons (Fsp3) is 0.269. The quantitative estimate of drug-likeness (QED) is 0.509. The van der Waals surface area contributed by atoms with E-state index in [1.165, 1.54) is 6.07 Å². The standard InChI is InChI=1S/C26H20ClF2NO4/c27-16-8-5-14(6-9-16)21-12-18(17-3-1-2-4-19(17)34-21)30-25(31)24-23(26(24,28)29)15-7-10-20-22(11-15)33-13-32-20/h1-11,18,21,23-24H,12-13H2,(H,30,31). The zero-order valence-corrected chi connectivity index (χ0v) is 18.6. The van der Waals surface area contributed by atoms with Crippen LogP contribution in [0.15, 0.2) is 66.7 Å². The normalized spacial score (nSPS) is 25.7. The van der Waals surface area contributed by atoms with Gasteiger partial charge in [-0.1, -0.05) is 48.0 Å². The van der Waals surface area contributed by atoms with E-state index >= 15 is 0 Å². The van der Waals surface area contributed by atoms with Gasteiger partial charge in [-0.2, -0.15) is 0 Å². The highest BCUT2D eigenvalue weighted by molar-refractivity contribution is 6.30. The summed E-state index contributed by atoms with van der Waals surface area (Å²) >= 11 is 6.01. The van der Waals surface area contributed by atoms with Crippen molar-refractivity contribution in [2.45, 2.75) is 30.4 Å². The van der Waals surface area contributed by atoms with Gasteiger partial charge in [0.05, 0.1) is 12.0 Å². The van der Waals surface area contributed by atoms with E-state index in [0.717, 1.165) is 11.1 Å². The maximum absolute atomic E-state index is 14.8. The molecule has 174 valence electrons. The summed E-state index contributed by atoms with van der Waals surface area (Å²) in [6, 6.07) is 18.9. The van der Waals surface area contributed by atoms with E-state index in [1.54, 1.807) is 24.3 Å². The lowest BCUT2D eigenvalue weighted by atomic mass is 9.92. The second-order valence-electron chi connectivity index (χ2n) is 8.74. The molecule has 6 rings (SSSR count). The van der Waals surface area contributed by atoms with Crippen LogP contribution < -0.4 is 19.5 Å². The van der Waals surface area contributed by atoms with Gasteiger partial charge in [-0.3, -0.25) is 4.79 Å². The average Bonchev–Trinajstić information content (AvgIpc) is 3.15. The van der Waals surface area contributed by atoms with E-state index < -0.39 is 29.7 Å². The van der Waals surface area contributed by atoms with E-state index in [1.807, 2.05) is 36.4 Å². The van der Waals surface area contributed by atoms with Crippen molar-refractivity contribution in [3.05, 3.63) is 88.4 Å². The Hall–Kier alpha value is -3.32. The Kier molecular flexibility index (Phi) is 4.92. The molecule has 3 aromatic rings. The molecule has 3 aliphatic rings.